The average Bonchev–Trinajstić information content (AvgIpc) is 3.07. The zero-order valence-corrected chi connectivity index (χ0v) is 18.3. The van der Waals surface area contributed by atoms with E-state index < -0.39 is 0 Å². The van der Waals surface area contributed by atoms with Gasteiger partial charge in [0, 0.05) is 23.7 Å². The minimum atomic E-state index is -0.159. The zero-order chi connectivity index (χ0) is 20.9. The van der Waals surface area contributed by atoms with Crippen LogP contribution in [0.1, 0.15) is 82.0 Å². The number of aliphatic hydroxyl groups is 1. The minimum absolute atomic E-state index is 0.0944. The fraction of sp³-hybridized carbons (Fsp3) is 0.720. The van der Waals surface area contributed by atoms with Gasteiger partial charge in [0.05, 0.1) is 6.10 Å². The second-order valence-electron chi connectivity index (χ2n) is 10.9. The van der Waals surface area contributed by atoms with Crippen LogP contribution in [0, 0.1) is 34.5 Å². The second-order valence-corrected chi connectivity index (χ2v) is 10.9. The molecule has 5 rings (SSSR count). The number of carbonyl (C=O) groups excluding carboxylic acids is 1. The van der Waals surface area contributed by atoms with E-state index in [1.165, 1.54) is 38.5 Å². The van der Waals surface area contributed by atoms with Crippen LogP contribution in [0.15, 0.2) is 29.6 Å². The third-order valence-corrected chi connectivity index (χ3v) is 9.71. The predicted molar refractivity (Wildman–Crippen MR) is 117 cm³/mol. The Morgan fingerprint density at radius 2 is 1.83 bits per heavy atom. The van der Waals surface area contributed by atoms with Crippen LogP contribution in [-0.4, -0.2) is 27.8 Å². The Kier molecular flexibility index (Phi) is 5.00. The van der Waals surface area contributed by atoms with Gasteiger partial charge in [-0.1, -0.05) is 13.8 Å². The molecule has 1 heterocycles. The molecule has 0 bridgehead atoms. The molecule has 1 amide bonds. The van der Waals surface area contributed by atoms with E-state index in [4.69, 9.17) is 0 Å². The van der Waals surface area contributed by atoms with Crippen LogP contribution in [0.2, 0.25) is 0 Å². The van der Waals surface area contributed by atoms with Crippen LogP contribution in [0.5, 0.6) is 0 Å². The van der Waals surface area contributed by atoms with Crippen molar-refractivity contribution in [2.45, 2.75) is 77.7 Å². The summed E-state index contributed by atoms with van der Waals surface area (Å²) in [6, 6.07) is 3.43. The Balaban J connectivity index is 1.28. The number of aliphatic hydroxyl groups excluding tert-OH is 1. The van der Waals surface area contributed by atoms with E-state index in [0.717, 1.165) is 36.8 Å². The number of carbonyl (C=O) groups is 1. The molecule has 5 nitrogen and oxygen atoms in total. The number of nitrogens with one attached hydrogen (secondary N) is 1. The summed E-state index contributed by atoms with van der Waals surface area (Å²) < 4.78 is 0. The van der Waals surface area contributed by atoms with Crippen LogP contribution in [0.3, 0.4) is 0 Å². The molecule has 0 aliphatic heterocycles. The molecule has 0 saturated heterocycles. The highest BCUT2D eigenvalue weighted by Gasteiger charge is 2.59. The smallest absolute Gasteiger partial charge is 0.271 e. The maximum absolute atomic E-state index is 12.3. The van der Waals surface area contributed by atoms with Crippen molar-refractivity contribution >= 4 is 11.6 Å². The molecule has 162 valence electrons. The molecule has 4 saturated carbocycles. The molecule has 1 aromatic rings. The van der Waals surface area contributed by atoms with Crippen molar-refractivity contribution < 1.29 is 9.90 Å². The van der Waals surface area contributed by atoms with Gasteiger partial charge in [-0.3, -0.25) is 9.78 Å². The third kappa shape index (κ3) is 3.12. The van der Waals surface area contributed by atoms with Gasteiger partial charge in [0.1, 0.15) is 0 Å². The second kappa shape index (κ2) is 7.44. The molecule has 4 fully saturated rings. The summed E-state index contributed by atoms with van der Waals surface area (Å²) >= 11 is 0. The maximum Gasteiger partial charge on any atom is 0.271 e. The van der Waals surface area contributed by atoms with E-state index in [2.05, 4.69) is 29.4 Å². The average molecular weight is 410 g/mol. The first kappa shape index (κ1) is 20.2. The topological polar surface area (TPSA) is 74.6 Å². The van der Waals surface area contributed by atoms with Gasteiger partial charge in [0.2, 0.25) is 0 Å². The lowest BCUT2D eigenvalue weighted by molar-refractivity contribution is -0.112. The van der Waals surface area contributed by atoms with Crippen LogP contribution in [0.25, 0.3) is 0 Å². The summed E-state index contributed by atoms with van der Waals surface area (Å²) in [7, 11) is 0. The third-order valence-electron chi connectivity index (χ3n) is 9.71. The summed E-state index contributed by atoms with van der Waals surface area (Å²) in [5.41, 5.74) is 5.05. The molecule has 7 atom stereocenters. The van der Waals surface area contributed by atoms with E-state index in [-0.39, 0.29) is 17.4 Å². The SMILES string of the molecule is C[C@]12CC/C(=N/NC(=O)c3ccncc3)C[C@H]1CC[C@@H]1[C@@H]2CC[C@]2(C)[C@@H](O)CC[C@@H]12. The molecule has 5 heteroatoms. The Hall–Kier alpha value is -1.75. The minimum Gasteiger partial charge on any atom is -0.393 e. The molecular formula is C25H35N3O2. The number of pyridine rings is 1. The molecule has 2 N–H and O–H groups in total. The highest BCUT2D eigenvalue weighted by molar-refractivity contribution is 5.95. The number of rotatable bonds is 2. The predicted octanol–water partition coefficient (Wildman–Crippen LogP) is 4.57. The Morgan fingerprint density at radius 1 is 1.07 bits per heavy atom. The molecule has 4 aliphatic carbocycles. The fourth-order valence-corrected chi connectivity index (χ4v) is 7.83. The molecule has 0 radical (unpaired) electrons. The van der Waals surface area contributed by atoms with Crippen molar-refractivity contribution in [3.8, 4) is 0 Å². The highest BCUT2D eigenvalue weighted by atomic mass is 16.3. The first-order chi connectivity index (χ1) is 14.4. The van der Waals surface area contributed by atoms with Crippen LogP contribution >= 0.6 is 0 Å². The van der Waals surface area contributed by atoms with Gasteiger partial charge in [-0.05, 0) is 104 Å². The number of hydrazone groups is 1. The number of hydrogen-bond donors (Lipinski definition) is 2. The van der Waals surface area contributed by atoms with Crippen LogP contribution in [-0.2, 0) is 0 Å². The number of hydrogen-bond acceptors (Lipinski definition) is 4. The first-order valence-corrected chi connectivity index (χ1v) is 11.9. The zero-order valence-electron chi connectivity index (χ0n) is 18.3. The summed E-state index contributed by atoms with van der Waals surface area (Å²) in [4.78, 5) is 16.3. The number of nitrogens with zero attached hydrogens (tertiary/aromatic N) is 2. The number of fused-ring (bicyclic) bond motifs is 5. The standard InChI is InChI=1S/C25H35N3O2/c1-24-11-7-18(27-28-23(30)16-9-13-26-14-10-16)15-17(24)3-4-19-20-5-6-22(29)25(20,2)12-8-21(19)24/h9-10,13-14,17,19-22,29H,3-8,11-12,15H2,1-2H3,(H,28,30)/b27-18-/t17-,19+,20+,21+,22+,24+,25+/m1/s1. The Morgan fingerprint density at radius 3 is 2.63 bits per heavy atom. The fourth-order valence-electron chi connectivity index (χ4n) is 7.83. The Labute approximate surface area is 179 Å². The molecule has 30 heavy (non-hydrogen) atoms. The Bertz CT molecular complexity index is 840. The maximum atomic E-state index is 12.3. The van der Waals surface area contributed by atoms with E-state index >= 15 is 0 Å². The number of aromatic nitrogens is 1. The van der Waals surface area contributed by atoms with Crippen molar-refractivity contribution in [3.05, 3.63) is 30.1 Å². The molecular weight excluding hydrogens is 374 g/mol. The number of amides is 1. The summed E-state index contributed by atoms with van der Waals surface area (Å²) in [5.74, 6) is 2.78. The van der Waals surface area contributed by atoms with Crippen molar-refractivity contribution in [2.75, 3.05) is 0 Å². The molecule has 4 aliphatic rings. The quantitative estimate of drug-likeness (QED) is 0.703. The lowest BCUT2D eigenvalue weighted by atomic mass is 9.45. The molecule has 1 aromatic heterocycles. The molecule has 0 spiro atoms. The van der Waals surface area contributed by atoms with E-state index in [1.54, 1.807) is 24.5 Å². The lowest BCUT2D eigenvalue weighted by Crippen LogP contribution is -2.54. The monoisotopic (exact) mass is 409 g/mol. The summed E-state index contributed by atoms with van der Waals surface area (Å²) in [6.07, 6.45) is 13.6. The lowest BCUT2D eigenvalue weighted by Gasteiger charge is -2.60. The normalized spacial score (nSPS) is 44.1. The van der Waals surface area contributed by atoms with Gasteiger partial charge >= 0.3 is 0 Å². The van der Waals surface area contributed by atoms with Gasteiger partial charge < -0.3 is 5.11 Å². The van der Waals surface area contributed by atoms with Gasteiger partial charge in [0.25, 0.3) is 5.91 Å². The largest absolute Gasteiger partial charge is 0.393 e. The van der Waals surface area contributed by atoms with E-state index in [0.29, 0.717) is 22.8 Å². The highest BCUT2D eigenvalue weighted by Crippen LogP contribution is 2.65. The summed E-state index contributed by atoms with van der Waals surface area (Å²) in [5, 5.41) is 15.2. The van der Waals surface area contributed by atoms with E-state index in [9.17, 15) is 9.90 Å². The molecule has 0 aromatic carbocycles. The van der Waals surface area contributed by atoms with Crippen molar-refractivity contribution in [1.82, 2.24) is 10.4 Å². The van der Waals surface area contributed by atoms with Crippen molar-refractivity contribution in [2.24, 2.45) is 39.6 Å². The molecule has 0 unspecified atom stereocenters. The van der Waals surface area contributed by atoms with Crippen molar-refractivity contribution in [3.63, 3.8) is 0 Å². The first-order valence-electron chi connectivity index (χ1n) is 11.9. The van der Waals surface area contributed by atoms with Gasteiger partial charge in [0.15, 0.2) is 0 Å². The van der Waals surface area contributed by atoms with Gasteiger partial charge in [-0.25, -0.2) is 5.43 Å². The van der Waals surface area contributed by atoms with Crippen LogP contribution in [0.4, 0.5) is 0 Å². The van der Waals surface area contributed by atoms with Crippen molar-refractivity contribution in [1.29, 1.82) is 0 Å². The van der Waals surface area contributed by atoms with Crippen LogP contribution < -0.4 is 5.43 Å². The van der Waals surface area contributed by atoms with E-state index in [1.807, 2.05) is 0 Å². The summed E-state index contributed by atoms with van der Waals surface area (Å²) in [6.45, 7) is 4.89. The van der Waals surface area contributed by atoms with Gasteiger partial charge in [-0.2, -0.15) is 5.10 Å². The van der Waals surface area contributed by atoms with Gasteiger partial charge in [-0.15, -0.1) is 0 Å².